The molecular weight excluding hydrogens is 390 g/mol. The van der Waals surface area contributed by atoms with Gasteiger partial charge in [0.1, 0.15) is 24.1 Å². The van der Waals surface area contributed by atoms with Gasteiger partial charge in [-0.3, -0.25) is 4.79 Å². The SMILES string of the molecule is Cc1cc(C)cc(Oc2coc3c(C[NH+](CC(C)C)CC(C)C)c([O-])ccc3c2=O)c1. The van der Waals surface area contributed by atoms with Gasteiger partial charge >= 0.3 is 0 Å². The highest BCUT2D eigenvalue weighted by molar-refractivity contribution is 5.82. The number of hydrogen-bond donors (Lipinski definition) is 1. The Kier molecular flexibility index (Phi) is 7.06. The molecule has 0 fully saturated rings. The molecule has 0 saturated heterocycles. The Morgan fingerprint density at radius 2 is 1.61 bits per heavy atom. The van der Waals surface area contributed by atoms with Crippen LogP contribution in [0.2, 0.25) is 0 Å². The summed E-state index contributed by atoms with van der Waals surface area (Å²) in [6, 6.07) is 8.81. The Morgan fingerprint density at radius 3 is 2.19 bits per heavy atom. The summed E-state index contributed by atoms with van der Waals surface area (Å²) in [4.78, 5) is 14.4. The zero-order valence-electron chi connectivity index (χ0n) is 19.4. The van der Waals surface area contributed by atoms with Crippen LogP contribution in [0.25, 0.3) is 11.0 Å². The van der Waals surface area contributed by atoms with E-state index in [9.17, 15) is 9.90 Å². The summed E-state index contributed by atoms with van der Waals surface area (Å²) in [5.74, 6) is 1.63. The molecule has 0 spiro atoms. The molecule has 0 aliphatic carbocycles. The molecule has 0 unspecified atom stereocenters. The second-order valence-corrected chi connectivity index (χ2v) is 9.40. The standard InChI is InChI=1S/C26H33NO4/c1-16(2)12-27(13-17(3)4)14-22-23(28)8-7-21-25(29)24(15-30-26(21)22)31-20-10-18(5)9-19(6)11-20/h7-11,15-17,28H,12-14H2,1-6H3. The van der Waals surface area contributed by atoms with Crippen molar-refractivity contribution >= 4 is 11.0 Å². The average molecular weight is 424 g/mol. The predicted molar refractivity (Wildman–Crippen MR) is 122 cm³/mol. The Bertz CT molecular complexity index is 1080. The maximum atomic E-state index is 13.1. The lowest BCUT2D eigenvalue weighted by Crippen LogP contribution is -3.11. The monoisotopic (exact) mass is 423 g/mol. The minimum Gasteiger partial charge on any atom is -0.872 e. The maximum absolute atomic E-state index is 13.1. The van der Waals surface area contributed by atoms with Crippen LogP contribution in [0.1, 0.15) is 44.4 Å². The third-order valence-corrected chi connectivity index (χ3v) is 5.21. The van der Waals surface area contributed by atoms with Gasteiger partial charge in [-0.15, -0.1) is 0 Å². The van der Waals surface area contributed by atoms with Crippen molar-refractivity contribution in [1.29, 1.82) is 0 Å². The summed E-state index contributed by atoms with van der Waals surface area (Å²) in [5.41, 5.74) is 2.77. The minimum atomic E-state index is -0.268. The molecule has 1 aromatic heterocycles. The zero-order valence-corrected chi connectivity index (χ0v) is 19.4. The second-order valence-electron chi connectivity index (χ2n) is 9.40. The molecule has 1 heterocycles. The lowest BCUT2D eigenvalue weighted by atomic mass is 10.1. The quantitative estimate of drug-likeness (QED) is 0.595. The van der Waals surface area contributed by atoms with Gasteiger partial charge in [-0.05, 0) is 43.2 Å². The molecule has 0 saturated carbocycles. The fourth-order valence-corrected chi connectivity index (χ4v) is 4.21. The molecule has 0 aliphatic heterocycles. The summed E-state index contributed by atoms with van der Waals surface area (Å²) in [7, 11) is 0. The Morgan fingerprint density at radius 1 is 1.00 bits per heavy atom. The van der Waals surface area contributed by atoms with Crippen LogP contribution in [-0.2, 0) is 6.54 Å². The Labute approximate surface area is 184 Å². The van der Waals surface area contributed by atoms with E-state index in [1.165, 1.54) is 17.2 Å². The van der Waals surface area contributed by atoms with E-state index >= 15 is 0 Å². The summed E-state index contributed by atoms with van der Waals surface area (Å²) in [5, 5.41) is 13.1. The van der Waals surface area contributed by atoms with Crippen LogP contribution in [0, 0.1) is 25.7 Å². The van der Waals surface area contributed by atoms with E-state index in [1.54, 1.807) is 6.07 Å². The van der Waals surface area contributed by atoms with Gasteiger partial charge in [0, 0.05) is 17.4 Å². The first kappa shape index (κ1) is 22.9. The first-order valence-electron chi connectivity index (χ1n) is 11.0. The maximum Gasteiger partial charge on any atom is 0.235 e. The molecule has 2 aromatic carbocycles. The molecule has 31 heavy (non-hydrogen) atoms. The minimum absolute atomic E-state index is 0.0939. The fourth-order valence-electron chi connectivity index (χ4n) is 4.21. The van der Waals surface area contributed by atoms with Gasteiger partial charge < -0.3 is 19.2 Å². The van der Waals surface area contributed by atoms with Gasteiger partial charge in [0.25, 0.3) is 0 Å². The molecule has 0 bridgehead atoms. The van der Waals surface area contributed by atoms with Gasteiger partial charge in [-0.2, -0.15) is 0 Å². The molecule has 1 N–H and O–H groups in total. The molecule has 5 nitrogen and oxygen atoms in total. The van der Waals surface area contributed by atoms with E-state index in [-0.39, 0.29) is 16.9 Å². The van der Waals surface area contributed by atoms with E-state index in [0.29, 0.717) is 40.7 Å². The highest BCUT2D eigenvalue weighted by atomic mass is 16.5. The Hall–Kier alpha value is -2.79. The third-order valence-electron chi connectivity index (χ3n) is 5.21. The first-order chi connectivity index (χ1) is 14.6. The van der Waals surface area contributed by atoms with Crippen LogP contribution in [0.5, 0.6) is 17.2 Å². The first-order valence-corrected chi connectivity index (χ1v) is 11.0. The number of benzene rings is 2. The van der Waals surface area contributed by atoms with Crippen LogP contribution in [0.15, 0.2) is 45.8 Å². The van der Waals surface area contributed by atoms with Gasteiger partial charge in [-0.1, -0.05) is 45.6 Å². The van der Waals surface area contributed by atoms with Crippen molar-refractivity contribution in [1.82, 2.24) is 0 Å². The number of fused-ring (bicyclic) bond motifs is 1. The van der Waals surface area contributed by atoms with Gasteiger partial charge in [-0.25, -0.2) is 0 Å². The number of nitrogens with one attached hydrogen (secondary N) is 1. The van der Waals surface area contributed by atoms with Crippen molar-refractivity contribution in [3.8, 4) is 17.2 Å². The molecule has 3 rings (SSSR count). The molecule has 0 atom stereocenters. The zero-order chi connectivity index (χ0) is 22.7. The van der Waals surface area contributed by atoms with Crippen LogP contribution in [0.3, 0.4) is 0 Å². The van der Waals surface area contributed by atoms with Gasteiger partial charge in [0.15, 0.2) is 0 Å². The average Bonchev–Trinajstić information content (AvgIpc) is 2.64. The van der Waals surface area contributed by atoms with Crippen LogP contribution in [0.4, 0.5) is 0 Å². The number of ether oxygens (including phenoxy) is 1. The van der Waals surface area contributed by atoms with E-state index < -0.39 is 0 Å². The summed E-state index contributed by atoms with van der Waals surface area (Å²) < 4.78 is 11.7. The van der Waals surface area contributed by atoms with Crippen molar-refractivity contribution in [2.75, 3.05) is 13.1 Å². The van der Waals surface area contributed by atoms with E-state index in [0.717, 1.165) is 24.2 Å². The lowest BCUT2D eigenvalue weighted by Gasteiger charge is -2.25. The number of rotatable bonds is 8. The summed E-state index contributed by atoms with van der Waals surface area (Å²) in [6.45, 7) is 15.1. The van der Waals surface area contributed by atoms with E-state index in [1.807, 2.05) is 32.0 Å². The largest absolute Gasteiger partial charge is 0.872 e. The van der Waals surface area contributed by atoms with Gasteiger partial charge in [0.2, 0.25) is 11.2 Å². The second kappa shape index (κ2) is 9.56. The molecule has 0 aliphatic rings. The van der Waals surface area contributed by atoms with Crippen molar-refractivity contribution in [3.05, 3.63) is 63.5 Å². The highest BCUT2D eigenvalue weighted by Gasteiger charge is 2.19. The fraction of sp³-hybridized carbons (Fsp3) is 0.423. The Balaban J connectivity index is 1.99. The molecule has 0 amide bonds. The van der Waals surface area contributed by atoms with Crippen molar-refractivity contribution < 1.29 is 19.2 Å². The summed E-state index contributed by atoms with van der Waals surface area (Å²) >= 11 is 0. The predicted octanol–water partition coefficient (Wildman–Crippen LogP) is 3.97. The normalized spacial score (nSPS) is 11.8. The molecule has 0 radical (unpaired) electrons. The van der Waals surface area contributed by atoms with Gasteiger partial charge in [0.05, 0.1) is 18.5 Å². The van der Waals surface area contributed by atoms with E-state index in [2.05, 4.69) is 27.7 Å². The summed E-state index contributed by atoms with van der Waals surface area (Å²) in [6.07, 6.45) is 1.33. The molecule has 3 aromatic rings. The van der Waals surface area contributed by atoms with Crippen molar-refractivity contribution in [2.24, 2.45) is 11.8 Å². The number of hydrogen-bond acceptors (Lipinski definition) is 4. The molecular formula is C26H33NO4. The van der Waals surface area contributed by atoms with Crippen molar-refractivity contribution in [3.63, 3.8) is 0 Å². The van der Waals surface area contributed by atoms with E-state index in [4.69, 9.17) is 9.15 Å². The van der Waals surface area contributed by atoms with Crippen LogP contribution < -0.4 is 20.2 Å². The smallest absolute Gasteiger partial charge is 0.235 e. The number of quaternary nitrogens is 1. The van der Waals surface area contributed by atoms with Crippen LogP contribution in [-0.4, -0.2) is 13.1 Å². The third kappa shape index (κ3) is 5.67. The van der Waals surface area contributed by atoms with Crippen molar-refractivity contribution in [2.45, 2.75) is 48.1 Å². The highest BCUT2D eigenvalue weighted by Crippen LogP contribution is 2.27. The topological polar surface area (TPSA) is 66.9 Å². The number of aryl methyl sites for hydroxylation is 2. The molecule has 166 valence electrons. The van der Waals surface area contributed by atoms with Crippen LogP contribution >= 0.6 is 0 Å². The molecule has 5 heteroatoms. The lowest BCUT2D eigenvalue weighted by molar-refractivity contribution is -0.919.